The molecule has 1 atom stereocenters. The lowest BCUT2D eigenvalue weighted by molar-refractivity contribution is -0.117. The van der Waals surface area contributed by atoms with Gasteiger partial charge in [0.25, 0.3) is 0 Å². The molecule has 0 spiro atoms. The van der Waals surface area contributed by atoms with E-state index in [9.17, 15) is 4.79 Å². The van der Waals surface area contributed by atoms with Gasteiger partial charge in [-0.15, -0.1) is 11.3 Å². The van der Waals surface area contributed by atoms with Crippen LogP contribution in [0.15, 0.2) is 58.4 Å². The van der Waals surface area contributed by atoms with Gasteiger partial charge in [-0.3, -0.25) is 4.79 Å². The van der Waals surface area contributed by atoms with Crippen LogP contribution >= 0.6 is 11.3 Å². The summed E-state index contributed by atoms with van der Waals surface area (Å²) in [6.07, 6.45) is 1.30. The lowest BCUT2D eigenvalue weighted by Crippen LogP contribution is -2.24. The average molecular weight is 431 g/mol. The molecule has 1 aliphatic heterocycles. The van der Waals surface area contributed by atoms with E-state index < -0.39 is 0 Å². The molecule has 0 bridgehead atoms. The zero-order chi connectivity index (χ0) is 21.4. The van der Waals surface area contributed by atoms with Gasteiger partial charge in [-0.1, -0.05) is 48.0 Å². The number of nitrogens with zero attached hydrogens (tertiary/aromatic N) is 4. The van der Waals surface area contributed by atoms with Gasteiger partial charge in [0.15, 0.2) is 0 Å². The Morgan fingerprint density at radius 1 is 1.13 bits per heavy atom. The van der Waals surface area contributed by atoms with Crippen molar-refractivity contribution in [2.24, 2.45) is 0 Å². The molecular weight excluding hydrogens is 408 g/mol. The third kappa shape index (κ3) is 3.88. The van der Waals surface area contributed by atoms with E-state index in [1.807, 2.05) is 55.5 Å². The van der Waals surface area contributed by atoms with Crippen molar-refractivity contribution in [2.45, 2.75) is 32.6 Å². The van der Waals surface area contributed by atoms with E-state index >= 15 is 0 Å². The Morgan fingerprint density at radius 2 is 1.94 bits per heavy atom. The molecule has 156 valence electrons. The molecule has 0 aliphatic carbocycles. The predicted molar refractivity (Wildman–Crippen MR) is 121 cm³/mol. The van der Waals surface area contributed by atoms with Crippen LogP contribution in [0.2, 0.25) is 0 Å². The van der Waals surface area contributed by atoms with Crippen molar-refractivity contribution in [3.05, 3.63) is 70.4 Å². The molecular formula is C24H22N4O2S. The minimum Gasteiger partial charge on any atom is -0.339 e. The van der Waals surface area contributed by atoms with Crippen molar-refractivity contribution in [1.29, 1.82) is 0 Å². The maximum atomic E-state index is 12.6. The standard InChI is InChI=1S/C24H22N4O2S/c1-3-21-25-20(14-31-21)16-5-4-6-17(11-16)23-26-24(30-27-23)18-12-22(29)28(13-18)19-9-7-15(2)8-10-19/h4-11,14,18H,3,12-13H2,1-2H3. The van der Waals surface area contributed by atoms with Crippen LogP contribution in [0.3, 0.4) is 0 Å². The van der Waals surface area contributed by atoms with Crippen LogP contribution in [0.25, 0.3) is 22.6 Å². The summed E-state index contributed by atoms with van der Waals surface area (Å²) in [5, 5.41) is 7.38. The number of aromatic nitrogens is 3. The molecule has 7 heteroatoms. The quantitative estimate of drug-likeness (QED) is 0.432. The summed E-state index contributed by atoms with van der Waals surface area (Å²) in [6, 6.07) is 16.0. The summed E-state index contributed by atoms with van der Waals surface area (Å²) in [5.41, 5.74) is 4.93. The van der Waals surface area contributed by atoms with Crippen molar-refractivity contribution >= 4 is 22.9 Å². The molecule has 6 nitrogen and oxygen atoms in total. The average Bonchev–Trinajstić information content (AvgIpc) is 3.54. The first-order valence-electron chi connectivity index (χ1n) is 10.4. The fraction of sp³-hybridized carbons (Fsp3) is 0.250. The number of benzene rings is 2. The van der Waals surface area contributed by atoms with E-state index in [0.29, 0.717) is 24.7 Å². The molecule has 0 N–H and O–H groups in total. The molecule has 1 saturated heterocycles. The monoisotopic (exact) mass is 430 g/mol. The van der Waals surface area contributed by atoms with Crippen LogP contribution in [0.5, 0.6) is 0 Å². The van der Waals surface area contributed by atoms with E-state index in [0.717, 1.165) is 33.9 Å². The fourth-order valence-corrected chi connectivity index (χ4v) is 4.54. The van der Waals surface area contributed by atoms with Crippen molar-refractivity contribution in [3.8, 4) is 22.6 Å². The van der Waals surface area contributed by atoms with Gasteiger partial charge < -0.3 is 9.42 Å². The van der Waals surface area contributed by atoms with Crippen molar-refractivity contribution in [2.75, 3.05) is 11.4 Å². The summed E-state index contributed by atoms with van der Waals surface area (Å²) in [6.45, 7) is 4.68. The van der Waals surface area contributed by atoms with Crippen LogP contribution in [0.1, 0.15) is 35.7 Å². The molecule has 4 aromatic rings. The fourth-order valence-electron chi connectivity index (χ4n) is 3.79. The highest BCUT2D eigenvalue weighted by Crippen LogP contribution is 2.33. The van der Waals surface area contributed by atoms with E-state index in [2.05, 4.69) is 27.4 Å². The van der Waals surface area contributed by atoms with Crippen LogP contribution in [0.4, 0.5) is 5.69 Å². The molecule has 1 fully saturated rings. The Labute approximate surface area is 184 Å². The number of aryl methyl sites for hydroxylation is 2. The Morgan fingerprint density at radius 3 is 2.71 bits per heavy atom. The number of thiazole rings is 1. The molecule has 0 radical (unpaired) electrons. The summed E-state index contributed by atoms with van der Waals surface area (Å²) >= 11 is 1.67. The Balaban J connectivity index is 1.36. The predicted octanol–water partition coefficient (Wildman–Crippen LogP) is 5.25. The molecule has 0 saturated carbocycles. The Bertz CT molecular complexity index is 1230. The van der Waals surface area contributed by atoms with Crippen molar-refractivity contribution < 1.29 is 9.32 Å². The van der Waals surface area contributed by atoms with Gasteiger partial charge in [0.2, 0.25) is 17.6 Å². The second kappa shape index (κ2) is 8.07. The first kappa shape index (κ1) is 19.6. The summed E-state index contributed by atoms with van der Waals surface area (Å²) < 4.78 is 5.57. The van der Waals surface area contributed by atoms with E-state index in [1.54, 1.807) is 16.2 Å². The Hall–Kier alpha value is -3.32. The van der Waals surface area contributed by atoms with Crippen LogP contribution < -0.4 is 4.90 Å². The van der Waals surface area contributed by atoms with Gasteiger partial charge in [-0.05, 0) is 31.5 Å². The highest BCUT2D eigenvalue weighted by Gasteiger charge is 2.35. The first-order valence-corrected chi connectivity index (χ1v) is 11.2. The second-order valence-corrected chi connectivity index (χ2v) is 8.70. The van der Waals surface area contributed by atoms with Gasteiger partial charge in [0.05, 0.1) is 16.6 Å². The molecule has 1 amide bonds. The van der Waals surface area contributed by atoms with Gasteiger partial charge in [-0.2, -0.15) is 4.98 Å². The van der Waals surface area contributed by atoms with Crippen molar-refractivity contribution in [3.63, 3.8) is 0 Å². The zero-order valence-electron chi connectivity index (χ0n) is 17.4. The van der Waals surface area contributed by atoms with Crippen molar-refractivity contribution in [1.82, 2.24) is 15.1 Å². The SMILES string of the molecule is CCc1nc(-c2cccc(-c3noc(C4CC(=O)N(c5ccc(C)cc5)C4)n3)c2)cs1. The largest absolute Gasteiger partial charge is 0.339 e. The summed E-state index contributed by atoms with van der Waals surface area (Å²) in [4.78, 5) is 23.7. The Kier molecular flexibility index (Phi) is 5.11. The minimum atomic E-state index is -0.108. The van der Waals surface area contributed by atoms with Gasteiger partial charge in [0, 0.05) is 35.2 Å². The third-order valence-corrected chi connectivity index (χ3v) is 6.53. The molecule has 2 aromatic carbocycles. The maximum Gasteiger partial charge on any atom is 0.232 e. The normalized spacial score (nSPS) is 16.3. The molecule has 5 rings (SSSR count). The summed E-state index contributed by atoms with van der Waals surface area (Å²) in [5.74, 6) is 1.00. The van der Waals surface area contributed by atoms with Crippen LogP contribution in [-0.4, -0.2) is 27.6 Å². The van der Waals surface area contributed by atoms with Crippen LogP contribution in [0, 0.1) is 6.92 Å². The number of anilines is 1. The molecule has 31 heavy (non-hydrogen) atoms. The third-order valence-electron chi connectivity index (χ3n) is 5.53. The van der Waals surface area contributed by atoms with Gasteiger partial charge >= 0.3 is 0 Å². The number of amides is 1. The number of hydrogen-bond acceptors (Lipinski definition) is 6. The summed E-state index contributed by atoms with van der Waals surface area (Å²) in [7, 11) is 0. The first-order chi connectivity index (χ1) is 15.1. The maximum absolute atomic E-state index is 12.6. The number of rotatable bonds is 5. The van der Waals surface area contributed by atoms with Gasteiger partial charge in [0.1, 0.15) is 0 Å². The smallest absolute Gasteiger partial charge is 0.232 e. The zero-order valence-corrected chi connectivity index (χ0v) is 18.2. The molecule has 2 aromatic heterocycles. The molecule has 1 aliphatic rings. The minimum absolute atomic E-state index is 0.0749. The number of carbonyl (C=O) groups excluding carboxylic acids is 1. The lowest BCUT2D eigenvalue weighted by atomic mass is 10.1. The second-order valence-electron chi connectivity index (χ2n) is 7.76. The van der Waals surface area contributed by atoms with E-state index in [4.69, 9.17) is 4.52 Å². The molecule has 1 unspecified atom stereocenters. The van der Waals surface area contributed by atoms with E-state index in [1.165, 1.54) is 5.56 Å². The molecule has 3 heterocycles. The van der Waals surface area contributed by atoms with Crippen LogP contribution in [-0.2, 0) is 11.2 Å². The highest BCUT2D eigenvalue weighted by atomic mass is 32.1. The van der Waals surface area contributed by atoms with Gasteiger partial charge in [-0.25, -0.2) is 4.98 Å². The topological polar surface area (TPSA) is 72.1 Å². The lowest BCUT2D eigenvalue weighted by Gasteiger charge is -2.16. The number of hydrogen-bond donors (Lipinski definition) is 0. The highest BCUT2D eigenvalue weighted by molar-refractivity contribution is 7.09. The van der Waals surface area contributed by atoms with E-state index in [-0.39, 0.29) is 11.8 Å². The number of carbonyl (C=O) groups is 1.